The maximum Gasteiger partial charge on any atom is 0.416 e. The number of amides is 2. The summed E-state index contributed by atoms with van der Waals surface area (Å²) in [7, 11) is 5.53. The van der Waals surface area contributed by atoms with Crippen molar-refractivity contribution in [3.05, 3.63) is 69.8 Å². The van der Waals surface area contributed by atoms with Crippen molar-refractivity contribution in [3.8, 4) is 0 Å². The third kappa shape index (κ3) is 19.2. The van der Waals surface area contributed by atoms with E-state index in [1.165, 1.54) is 39.2 Å². The second-order valence-corrected chi connectivity index (χ2v) is 10.8. The average molecular weight is 890 g/mol. The SMILES string of the molecule is C1CCOC1.CON(C)C(=O)CI.CON(C)C(=O)COCc1cc(C(F)(F)F)cc(C(F)(F)F)c1.OCc1cc(C(F)(F)F)cc(C(F)(F)F)c1. The number of benzene rings is 2. The topological polar surface area (TPSA) is 97.8 Å². The number of carbonyl (C=O) groups excluding carboxylic acids is 2. The lowest BCUT2D eigenvalue weighted by molar-refractivity contribution is -0.173. The van der Waals surface area contributed by atoms with Crippen LogP contribution in [0, 0.1) is 0 Å². The van der Waals surface area contributed by atoms with Crippen LogP contribution < -0.4 is 0 Å². The standard InChI is InChI=1S/C13H13F6NO3.C9H6F6O.C4H8INO2.C4H8O/c1-20(22-2)11(21)7-23-6-8-3-9(12(14,15)16)5-10(4-8)13(17,18)19;10-8(11,12)6-1-5(4-16)2-7(3-6)9(13,14)15;1-6(8-2)4(7)3-5;1-2-4-5-3-1/h3-5H,6-7H2,1-2H3;1-3,16H,4H2;3H2,1-2H3;1-4H2. The number of likely N-dealkylation sites (N-methyl/N-ethyl adjacent to an activating group) is 1. The van der Waals surface area contributed by atoms with Gasteiger partial charge in [-0.15, -0.1) is 0 Å². The molecule has 1 N–H and O–H groups in total. The fourth-order valence-electron chi connectivity index (χ4n) is 3.36. The molecule has 2 amide bonds. The van der Waals surface area contributed by atoms with Crippen molar-refractivity contribution in [2.45, 2.75) is 50.8 Å². The Kier molecular flexibility index (Phi) is 21.1. The van der Waals surface area contributed by atoms with Crippen LogP contribution in [0.4, 0.5) is 52.7 Å². The van der Waals surface area contributed by atoms with Crippen molar-refractivity contribution in [1.29, 1.82) is 0 Å². The summed E-state index contributed by atoms with van der Waals surface area (Å²) in [4.78, 5) is 31.0. The Morgan fingerprint density at radius 2 is 1.02 bits per heavy atom. The molecule has 2 aromatic rings. The van der Waals surface area contributed by atoms with E-state index in [4.69, 9.17) is 14.6 Å². The fraction of sp³-hybridized carbons (Fsp3) is 0.533. The van der Waals surface area contributed by atoms with Crippen molar-refractivity contribution < 1.29 is 86.5 Å². The Morgan fingerprint density at radius 3 is 1.27 bits per heavy atom. The Balaban J connectivity index is 0.000000767. The van der Waals surface area contributed by atoms with Crippen LogP contribution in [0.1, 0.15) is 46.2 Å². The summed E-state index contributed by atoms with van der Waals surface area (Å²) < 4.78 is 159. The molecule has 298 valence electrons. The summed E-state index contributed by atoms with van der Waals surface area (Å²) in [5.74, 6) is -0.663. The second kappa shape index (κ2) is 22.3. The summed E-state index contributed by atoms with van der Waals surface area (Å²) in [6.45, 7) is -0.0226. The van der Waals surface area contributed by atoms with Gasteiger partial charge in [-0.05, 0) is 60.4 Å². The first-order valence-electron chi connectivity index (χ1n) is 14.3. The lowest BCUT2D eigenvalue weighted by atomic mass is 10.1. The number of nitrogens with zero attached hydrogens (tertiary/aromatic N) is 2. The predicted octanol–water partition coefficient (Wildman–Crippen LogP) is 7.72. The molecule has 1 saturated heterocycles. The lowest BCUT2D eigenvalue weighted by Crippen LogP contribution is -2.29. The van der Waals surface area contributed by atoms with Crippen molar-refractivity contribution >= 4 is 34.4 Å². The number of halogens is 13. The molecule has 9 nitrogen and oxygen atoms in total. The summed E-state index contributed by atoms with van der Waals surface area (Å²) in [5.41, 5.74) is -6.50. The normalized spacial score (nSPS) is 13.1. The first kappa shape index (κ1) is 49.1. The minimum Gasteiger partial charge on any atom is -0.392 e. The zero-order chi connectivity index (χ0) is 40.5. The molecule has 2 aromatic carbocycles. The molecule has 22 heteroatoms. The molecule has 0 atom stereocenters. The third-order valence-electron chi connectivity index (χ3n) is 6.16. The summed E-state index contributed by atoms with van der Waals surface area (Å²) >= 11 is 1.98. The molecule has 1 aliphatic rings. The number of carbonyl (C=O) groups is 2. The molecule has 0 saturated carbocycles. The first-order valence-corrected chi connectivity index (χ1v) is 15.8. The van der Waals surface area contributed by atoms with E-state index in [0.717, 1.165) is 18.3 Å². The number of aliphatic hydroxyl groups excluding tert-OH is 1. The minimum atomic E-state index is -4.93. The molecular formula is C30H35F12IN2O7. The Hall–Kier alpha value is -2.93. The van der Waals surface area contributed by atoms with E-state index in [-0.39, 0.29) is 23.6 Å². The molecular weight excluding hydrogens is 855 g/mol. The molecule has 0 unspecified atom stereocenters. The summed E-state index contributed by atoms with van der Waals surface area (Å²) in [6.07, 6.45) is -17.0. The van der Waals surface area contributed by atoms with Gasteiger partial charge in [-0.1, -0.05) is 22.6 Å². The highest BCUT2D eigenvalue weighted by atomic mass is 127. The number of alkyl halides is 13. The van der Waals surface area contributed by atoms with Gasteiger partial charge >= 0.3 is 24.7 Å². The molecule has 1 heterocycles. The first-order chi connectivity index (χ1) is 23.8. The van der Waals surface area contributed by atoms with Gasteiger partial charge in [0.15, 0.2) is 0 Å². The van der Waals surface area contributed by atoms with Crippen LogP contribution in [0.25, 0.3) is 0 Å². The van der Waals surface area contributed by atoms with Crippen molar-refractivity contribution in [2.75, 3.05) is 52.6 Å². The Bertz CT molecular complexity index is 1310. The van der Waals surface area contributed by atoms with Crippen molar-refractivity contribution in [1.82, 2.24) is 10.1 Å². The van der Waals surface area contributed by atoms with E-state index in [2.05, 4.69) is 9.68 Å². The van der Waals surface area contributed by atoms with E-state index in [0.29, 0.717) is 28.7 Å². The van der Waals surface area contributed by atoms with Gasteiger partial charge < -0.3 is 14.6 Å². The van der Waals surface area contributed by atoms with Gasteiger partial charge in [0.05, 0.1) is 54.1 Å². The van der Waals surface area contributed by atoms with Gasteiger partial charge in [0.1, 0.15) is 6.61 Å². The third-order valence-corrected chi connectivity index (χ3v) is 6.82. The number of rotatable bonds is 8. The van der Waals surface area contributed by atoms with Crippen LogP contribution >= 0.6 is 22.6 Å². The second-order valence-electron chi connectivity index (χ2n) is 10.1. The van der Waals surface area contributed by atoms with E-state index in [9.17, 15) is 62.3 Å². The molecule has 0 spiro atoms. The number of ether oxygens (including phenoxy) is 2. The van der Waals surface area contributed by atoms with Gasteiger partial charge in [0.2, 0.25) is 0 Å². The van der Waals surface area contributed by atoms with E-state index >= 15 is 0 Å². The Morgan fingerprint density at radius 1 is 0.673 bits per heavy atom. The molecule has 3 rings (SSSR count). The number of hydroxylamine groups is 4. The molecule has 0 aliphatic carbocycles. The van der Waals surface area contributed by atoms with Gasteiger partial charge in [-0.25, -0.2) is 10.1 Å². The van der Waals surface area contributed by atoms with E-state index < -0.39 is 78.3 Å². The zero-order valence-electron chi connectivity index (χ0n) is 27.8. The van der Waals surface area contributed by atoms with E-state index in [1.54, 1.807) is 7.05 Å². The maximum absolute atomic E-state index is 12.7. The molecule has 1 fully saturated rings. The quantitative estimate of drug-likeness (QED) is 0.126. The fourth-order valence-corrected chi connectivity index (χ4v) is 3.84. The highest BCUT2D eigenvalue weighted by molar-refractivity contribution is 14.1. The molecule has 0 aromatic heterocycles. The van der Waals surface area contributed by atoms with Gasteiger partial charge in [-0.2, -0.15) is 52.7 Å². The predicted molar refractivity (Wildman–Crippen MR) is 167 cm³/mol. The largest absolute Gasteiger partial charge is 0.416 e. The number of hydrogen-bond donors (Lipinski definition) is 1. The molecule has 1 aliphatic heterocycles. The minimum absolute atomic E-state index is 0.0131. The smallest absolute Gasteiger partial charge is 0.392 e. The molecule has 52 heavy (non-hydrogen) atoms. The van der Waals surface area contributed by atoms with Crippen LogP contribution in [0.5, 0.6) is 0 Å². The number of hydrogen-bond acceptors (Lipinski definition) is 7. The highest BCUT2D eigenvalue weighted by Crippen LogP contribution is 2.37. The Labute approximate surface area is 303 Å². The van der Waals surface area contributed by atoms with E-state index in [1.807, 2.05) is 22.6 Å². The van der Waals surface area contributed by atoms with Crippen LogP contribution in [0.15, 0.2) is 36.4 Å². The van der Waals surface area contributed by atoms with Crippen LogP contribution in [-0.4, -0.2) is 79.6 Å². The zero-order valence-corrected chi connectivity index (χ0v) is 30.0. The van der Waals surface area contributed by atoms with Crippen LogP contribution in [0.3, 0.4) is 0 Å². The van der Waals surface area contributed by atoms with Gasteiger partial charge in [-0.3, -0.25) is 19.3 Å². The summed E-state index contributed by atoms with van der Waals surface area (Å²) in [5, 5.41) is 10.6. The van der Waals surface area contributed by atoms with Gasteiger partial charge in [0, 0.05) is 27.3 Å². The average Bonchev–Trinajstić information content (AvgIpc) is 3.66. The van der Waals surface area contributed by atoms with Crippen molar-refractivity contribution in [3.63, 3.8) is 0 Å². The molecule has 0 bridgehead atoms. The number of aliphatic hydroxyl groups is 1. The maximum atomic E-state index is 12.7. The highest BCUT2D eigenvalue weighted by Gasteiger charge is 2.38. The summed E-state index contributed by atoms with van der Waals surface area (Å²) in [6, 6.07) is 2.08. The lowest BCUT2D eigenvalue weighted by Gasteiger charge is -2.15. The van der Waals surface area contributed by atoms with Crippen LogP contribution in [0.2, 0.25) is 0 Å². The van der Waals surface area contributed by atoms with Gasteiger partial charge in [0.25, 0.3) is 11.8 Å². The molecule has 0 radical (unpaired) electrons. The van der Waals surface area contributed by atoms with Crippen LogP contribution in [-0.2, 0) is 66.7 Å². The van der Waals surface area contributed by atoms with Crippen molar-refractivity contribution in [2.24, 2.45) is 0 Å². The monoisotopic (exact) mass is 890 g/mol.